The van der Waals surface area contributed by atoms with Crippen molar-refractivity contribution in [1.29, 1.82) is 0 Å². The minimum atomic E-state index is -0.0836. The van der Waals surface area contributed by atoms with E-state index in [4.69, 9.17) is 0 Å². The van der Waals surface area contributed by atoms with Gasteiger partial charge in [-0.1, -0.05) is 37.3 Å². The topological polar surface area (TPSA) is 53.2 Å². The van der Waals surface area contributed by atoms with Crippen LogP contribution in [-0.4, -0.2) is 25.2 Å². The molecule has 0 aromatic heterocycles. The van der Waals surface area contributed by atoms with Crippen LogP contribution in [0, 0.1) is 5.92 Å². The summed E-state index contributed by atoms with van der Waals surface area (Å²) in [5.74, 6) is 0.623. The molecule has 0 aliphatic carbocycles. The fraction of sp³-hybridized carbons (Fsp3) is 0.500. The van der Waals surface area contributed by atoms with Crippen LogP contribution in [0.5, 0.6) is 0 Å². The van der Waals surface area contributed by atoms with Crippen molar-refractivity contribution in [1.82, 2.24) is 16.0 Å². The summed E-state index contributed by atoms with van der Waals surface area (Å²) in [6.45, 7) is 4.68. The molecule has 1 aromatic rings. The van der Waals surface area contributed by atoms with E-state index < -0.39 is 0 Å². The van der Waals surface area contributed by atoms with E-state index >= 15 is 0 Å². The van der Waals surface area contributed by atoms with Gasteiger partial charge in [0.15, 0.2) is 0 Å². The molecule has 2 atom stereocenters. The predicted octanol–water partition coefficient (Wildman–Crippen LogP) is 1.48. The maximum absolute atomic E-state index is 11.7. The molecule has 1 aromatic carbocycles. The Labute approximate surface area is 108 Å². The number of hydrogen-bond acceptors (Lipinski definition) is 2. The Morgan fingerprint density at radius 3 is 2.83 bits per heavy atom. The Balaban J connectivity index is 1.72. The summed E-state index contributed by atoms with van der Waals surface area (Å²) < 4.78 is 0. The van der Waals surface area contributed by atoms with Crippen molar-refractivity contribution >= 4 is 6.03 Å². The molecule has 4 heteroatoms. The van der Waals surface area contributed by atoms with Crippen molar-refractivity contribution in [3.05, 3.63) is 35.9 Å². The van der Waals surface area contributed by atoms with Gasteiger partial charge in [-0.25, -0.2) is 4.79 Å². The van der Waals surface area contributed by atoms with Crippen LogP contribution in [0.3, 0.4) is 0 Å². The van der Waals surface area contributed by atoms with Crippen LogP contribution in [0.1, 0.15) is 18.9 Å². The average Bonchev–Trinajstić information content (AvgIpc) is 2.38. The third-order valence-electron chi connectivity index (χ3n) is 3.20. The van der Waals surface area contributed by atoms with Gasteiger partial charge in [0, 0.05) is 19.1 Å². The van der Waals surface area contributed by atoms with Gasteiger partial charge < -0.3 is 16.0 Å². The van der Waals surface area contributed by atoms with E-state index in [0.717, 1.165) is 25.1 Å². The molecule has 2 unspecified atom stereocenters. The smallest absolute Gasteiger partial charge is 0.315 e. The number of hydrogen-bond donors (Lipinski definition) is 3. The van der Waals surface area contributed by atoms with Crippen LogP contribution in [0.2, 0.25) is 0 Å². The van der Waals surface area contributed by atoms with Crippen molar-refractivity contribution in [2.24, 2.45) is 5.92 Å². The van der Waals surface area contributed by atoms with Gasteiger partial charge in [-0.3, -0.25) is 0 Å². The molecule has 0 spiro atoms. The number of urea groups is 1. The lowest BCUT2D eigenvalue weighted by Crippen LogP contribution is -2.50. The number of rotatable bonds is 3. The van der Waals surface area contributed by atoms with Gasteiger partial charge in [0.2, 0.25) is 0 Å². The Morgan fingerprint density at radius 2 is 2.11 bits per heavy atom. The minimum absolute atomic E-state index is 0.0836. The first kappa shape index (κ1) is 12.9. The first-order valence-corrected chi connectivity index (χ1v) is 6.53. The second-order valence-electron chi connectivity index (χ2n) is 5.01. The molecule has 1 heterocycles. The molecule has 1 aliphatic heterocycles. The molecule has 0 saturated carbocycles. The largest absolute Gasteiger partial charge is 0.334 e. The summed E-state index contributed by atoms with van der Waals surface area (Å²) in [7, 11) is 0. The number of nitrogens with one attached hydrogen (secondary N) is 3. The van der Waals surface area contributed by atoms with Gasteiger partial charge >= 0.3 is 6.03 Å². The summed E-state index contributed by atoms with van der Waals surface area (Å²) in [5, 5.41) is 9.21. The fourth-order valence-electron chi connectivity index (χ4n) is 2.28. The van der Waals surface area contributed by atoms with Gasteiger partial charge in [-0.2, -0.15) is 0 Å². The van der Waals surface area contributed by atoms with Gasteiger partial charge in [0.25, 0.3) is 0 Å². The summed E-state index contributed by atoms with van der Waals surface area (Å²) in [5.41, 5.74) is 1.11. The highest BCUT2D eigenvalue weighted by Gasteiger charge is 2.19. The Bertz CT molecular complexity index is 380. The van der Waals surface area contributed by atoms with Gasteiger partial charge in [0.1, 0.15) is 0 Å². The van der Waals surface area contributed by atoms with Crippen LogP contribution in [0.25, 0.3) is 0 Å². The third kappa shape index (κ3) is 4.04. The maximum Gasteiger partial charge on any atom is 0.315 e. The molecule has 2 rings (SSSR count). The molecule has 98 valence electrons. The zero-order chi connectivity index (χ0) is 12.8. The monoisotopic (exact) mass is 247 g/mol. The lowest BCUT2D eigenvalue weighted by Gasteiger charge is -2.28. The molecule has 0 radical (unpaired) electrons. The Kier molecular flexibility index (Phi) is 4.59. The molecule has 18 heavy (non-hydrogen) atoms. The van der Waals surface area contributed by atoms with E-state index in [1.54, 1.807) is 0 Å². The van der Waals surface area contributed by atoms with Crippen LogP contribution in [0.15, 0.2) is 30.3 Å². The highest BCUT2D eigenvalue weighted by atomic mass is 16.2. The van der Waals surface area contributed by atoms with Crippen LogP contribution in [-0.2, 0) is 6.54 Å². The molecule has 1 aliphatic rings. The summed E-state index contributed by atoms with van der Waals surface area (Å²) >= 11 is 0. The quantitative estimate of drug-likeness (QED) is 0.758. The zero-order valence-corrected chi connectivity index (χ0v) is 10.8. The highest BCUT2D eigenvalue weighted by molar-refractivity contribution is 5.74. The molecule has 2 amide bonds. The van der Waals surface area contributed by atoms with Crippen molar-refractivity contribution in [3.63, 3.8) is 0 Å². The zero-order valence-electron chi connectivity index (χ0n) is 10.8. The Hall–Kier alpha value is -1.55. The fourth-order valence-corrected chi connectivity index (χ4v) is 2.28. The summed E-state index contributed by atoms with van der Waals surface area (Å²) in [6.07, 6.45) is 1.05. The molecular formula is C14H21N3O. The minimum Gasteiger partial charge on any atom is -0.334 e. The number of carbonyl (C=O) groups excluding carboxylic acids is 1. The second kappa shape index (κ2) is 6.40. The van der Waals surface area contributed by atoms with Gasteiger partial charge in [-0.05, 0) is 24.4 Å². The van der Waals surface area contributed by atoms with Crippen molar-refractivity contribution in [2.45, 2.75) is 25.9 Å². The third-order valence-corrected chi connectivity index (χ3v) is 3.20. The highest BCUT2D eigenvalue weighted by Crippen LogP contribution is 2.09. The first-order valence-electron chi connectivity index (χ1n) is 6.53. The maximum atomic E-state index is 11.7. The van der Waals surface area contributed by atoms with Crippen LogP contribution < -0.4 is 16.0 Å². The summed E-state index contributed by atoms with van der Waals surface area (Å²) in [4.78, 5) is 11.7. The number of piperidine rings is 1. The number of benzene rings is 1. The lowest BCUT2D eigenvalue weighted by molar-refractivity contribution is 0.229. The van der Waals surface area contributed by atoms with E-state index in [0.29, 0.717) is 12.5 Å². The van der Waals surface area contributed by atoms with Gasteiger partial charge in [-0.15, -0.1) is 0 Å². The van der Waals surface area contributed by atoms with E-state index in [1.165, 1.54) is 0 Å². The molecule has 4 nitrogen and oxygen atoms in total. The molecule has 3 N–H and O–H groups in total. The predicted molar refractivity (Wildman–Crippen MR) is 72.3 cm³/mol. The van der Waals surface area contributed by atoms with Crippen molar-refractivity contribution in [2.75, 3.05) is 13.1 Å². The lowest BCUT2D eigenvalue weighted by atomic mass is 9.98. The van der Waals surface area contributed by atoms with E-state index in [1.807, 2.05) is 30.3 Å². The molecule has 1 saturated heterocycles. The van der Waals surface area contributed by atoms with Crippen molar-refractivity contribution < 1.29 is 4.79 Å². The average molecular weight is 247 g/mol. The van der Waals surface area contributed by atoms with E-state index in [2.05, 4.69) is 22.9 Å². The van der Waals surface area contributed by atoms with Crippen LogP contribution >= 0.6 is 0 Å². The molecular weight excluding hydrogens is 226 g/mol. The first-order chi connectivity index (χ1) is 8.74. The number of amides is 2. The van der Waals surface area contributed by atoms with E-state index in [9.17, 15) is 4.79 Å². The number of carbonyl (C=O) groups is 1. The SMILES string of the molecule is CC1CNCC(NC(=O)NCc2ccccc2)C1. The van der Waals surface area contributed by atoms with E-state index in [-0.39, 0.29) is 12.1 Å². The van der Waals surface area contributed by atoms with Crippen LogP contribution in [0.4, 0.5) is 4.79 Å². The van der Waals surface area contributed by atoms with Gasteiger partial charge in [0.05, 0.1) is 0 Å². The summed E-state index contributed by atoms with van der Waals surface area (Å²) in [6, 6.07) is 10.1. The molecule has 0 bridgehead atoms. The normalized spacial score (nSPS) is 23.4. The Morgan fingerprint density at radius 1 is 1.33 bits per heavy atom. The van der Waals surface area contributed by atoms with Crippen molar-refractivity contribution in [3.8, 4) is 0 Å². The second-order valence-corrected chi connectivity index (χ2v) is 5.01. The standard InChI is InChI=1S/C14H21N3O/c1-11-7-13(10-15-8-11)17-14(18)16-9-12-5-3-2-4-6-12/h2-6,11,13,15H,7-10H2,1H3,(H2,16,17,18). The molecule has 1 fully saturated rings.